The smallest absolute Gasteiger partial charge is 0.191 e. The minimum atomic E-state index is -2.95. The molecule has 0 heterocycles. The number of benzene rings is 1. The molecule has 6 nitrogen and oxygen atoms in total. The molecule has 26 heavy (non-hydrogen) atoms. The van der Waals surface area contributed by atoms with Gasteiger partial charge in [0.2, 0.25) is 0 Å². The van der Waals surface area contributed by atoms with Crippen molar-refractivity contribution in [1.82, 2.24) is 10.6 Å². The van der Waals surface area contributed by atoms with Crippen LogP contribution in [0.1, 0.15) is 39.7 Å². The van der Waals surface area contributed by atoms with Gasteiger partial charge >= 0.3 is 0 Å². The molecule has 0 aliphatic rings. The maximum absolute atomic E-state index is 11.2. The summed E-state index contributed by atoms with van der Waals surface area (Å²) < 4.78 is 28.2. The van der Waals surface area contributed by atoms with Crippen molar-refractivity contribution in [2.45, 2.75) is 45.6 Å². The number of nitrogens with one attached hydrogen (secondary N) is 2. The second-order valence-electron chi connectivity index (χ2n) is 7.59. The molecule has 0 aliphatic carbocycles. The van der Waals surface area contributed by atoms with Crippen molar-refractivity contribution < 1.29 is 13.2 Å². The van der Waals surface area contributed by atoms with Gasteiger partial charge in [-0.15, -0.1) is 0 Å². The molecule has 0 saturated carbocycles. The maximum Gasteiger partial charge on any atom is 0.191 e. The average Bonchev–Trinajstić information content (AvgIpc) is 2.54. The lowest BCUT2D eigenvalue weighted by Gasteiger charge is -2.19. The molecular formula is C19H33N3O3S. The van der Waals surface area contributed by atoms with E-state index in [1.807, 2.05) is 19.1 Å². The Morgan fingerprint density at radius 2 is 1.85 bits per heavy atom. The minimum absolute atomic E-state index is 0.0155. The largest absolute Gasteiger partial charge is 0.492 e. The number of nitrogens with zero attached hydrogens (tertiary/aromatic N) is 1. The highest BCUT2D eigenvalue weighted by Gasteiger charge is 2.13. The summed E-state index contributed by atoms with van der Waals surface area (Å²) in [6.07, 6.45) is 1.79. The Kier molecular flexibility index (Phi) is 8.40. The number of hydrogen-bond acceptors (Lipinski definition) is 4. The van der Waals surface area contributed by atoms with Crippen LogP contribution in [0.4, 0.5) is 0 Å². The highest BCUT2D eigenvalue weighted by atomic mass is 32.2. The summed E-state index contributed by atoms with van der Waals surface area (Å²) in [4.78, 5) is 4.15. The van der Waals surface area contributed by atoms with Gasteiger partial charge in [-0.3, -0.25) is 4.99 Å². The molecule has 0 bridgehead atoms. The van der Waals surface area contributed by atoms with Gasteiger partial charge in [0.05, 0.1) is 12.3 Å². The third-order valence-corrected chi connectivity index (χ3v) is 4.89. The van der Waals surface area contributed by atoms with Crippen molar-refractivity contribution in [1.29, 1.82) is 0 Å². The summed E-state index contributed by atoms with van der Waals surface area (Å²) in [5, 5.41) is 6.35. The number of guanidine groups is 1. The lowest BCUT2D eigenvalue weighted by Crippen LogP contribution is -2.44. The minimum Gasteiger partial charge on any atom is -0.492 e. The first-order valence-electron chi connectivity index (χ1n) is 8.89. The molecule has 0 aliphatic heterocycles. The molecule has 0 amide bonds. The number of ether oxygens (including phenoxy) is 1. The van der Waals surface area contributed by atoms with Crippen LogP contribution in [0.5, 0.6) is 5.75 Å². The SMILES string of the molecule is CN=C(NCCOc1ccc(C(C)(C)C)cc1)NC(C)CCS(C)(=O)=O. The quantitative estimate of drug-likeness (QED) is 0.409. The van der Waals surface area contributed by atoms with Crippen LogP contribution in [-0.4, -0.2) is 52.6 Å². The van der Waals surface area contributed by atoms with Crippen LogP contribution in [0.2, 0.25) is 0 Å². The van der Waals surface area contributed by atoms with Gasteiger partial charge in [0.25, 0.3) is 0 Å². The second kappa shape index (κ2) is 9.80. The van der Waals surface area contributed by atoms with Crippen molar-refractivity contribution in [3.8, 4) is 5.75 Å². The third kappa shape index (κ3) is 9.08. The highest BCUT2D eigenvalue weighted by Crippen LogP contribution is 2.24. The Hall–Kier alpha value is -1.76. The molecule has 0 spiro atoms. The molecule has 0 fully saturated rings. The van der Waals surface area contributed by atoms with E-state index in [2.05, 4.69) is 48.5 Å². The van der Waals surface area contributed by atoms with E-state index < -0.39 is 9.84 Å². The van der Waals surface area contributed by atoms with E-state index in [0.29, 0.717) is 25.5 Å². The number of hydrogen-bond donors (Lipinski definition) is 2. The Bertz CT molecular complexity index is 677. The van der Waals surface area contributed by atoms with Crippen LogP contribution in [0.3, 0.4) is 0 Å². The van der Waals surface area contributed by atoms with Crippen molar-refractivity contribution in [2.24, 2.45) is 4.99 Å². The molecule has 1 aromatic carbocycles. The van der Waals surface area contributed by atoms with E-state index in [9.17, 15) is 8.42 Å². The first-order valence-corrected chi connectivity index (χ1v) is 11.0. The van der Waals surface area contributed by atoms with Gasteiger partial charge in [-0.1, -0.05) is 32.9 Å². The fraction of sp³-hybridized carbons (Fsp3) is 0.632. The highest BCUT2D eigenvalue weighted by molar-refractivity contribution is 7.90. The number of aliphatic imine (C=N–C) groups is 1. The van der Waals surface area contributed by atoms with Gasteiger partial charge in [0.1, 0.15) is 22.2 Å². The van der Waals surface area contributed by atoms with Crippen LogP contribution in [0.15, 0.2) is 29.3 Å². The van der Waals surface area contributed by atoms with Crippen LogP contribution in [-0.2, 0) is 15.3 Å². The zero-order valence-electron chi connectivity index (χ0n) is 16.8. The van der Waals surface area contributed by atoms with E-state index >= 15 is 0 Å². The monoisotopic (exact) mass is 383 g/mol. The molecule has 0 aromatic heterocycles. The first kappa shape index (κ1) is 22.3. The fourth-order valence-corrected chi connectivity index (χ4v) is 3.06. The van der Waals surface area contributed by atoms with Gasteiger partial charge in [0, 0.05) is 19.3 Å². The van der Waals surface area contributed by atoms with Crippen molar-refractivity contribution in [3.05, 3.63) is 29.8 Å². The van der Waals surface area contributed by atoms with Crippen LogP contribution < -0.4 is 15.4 Å². The summed E-state index contributed by atoms with van der Waals surface area (Å²) in [7, 11) is -1.26. The van der Waals surface area contributed by atoms with Gasteiger partial charge in [0.15, 0.2) is 5.96 Å². The summed E-state index contributed by atoms with van der Waals surface area (Å²) in [5.74, 6) is 1.63. The maximum atomic E-state index is 11.2. The zero-order valence-corrected chi connectivity index (χ0v) is 17.6. The zero-order chi connectivity index (χ0) is 19.8. The Morgan fingerprint density at radius 1 is 1.23 bits per heavy atom. The summed E-state index contributed by atoms with van der Waals surface area (Å²) in [5.41, 5.74) is 1.40. The first-order chi connectivity index (χ1) is 12.0. The lowest BCUT2D eigenvalue weighted by molar-refractivity contribution is 0.321. The molecule has 0 saturated heterocycles. The third-order valence-electron chi connectivity index (χ3n) is 3.91. The molecule has 1 aromatic rings. The molecule has 1 unspecified atom stereocenters. The lowest BCUT2D eigenvalue weighted by atomic mass is 9.87. The van der Waals surface area contributed by atoms with Gasteiger partial charge in [-0.05, 0) is 36.5 Å². The summed E-state index contributed by atoms with van der Waals surface area (Å²) in [6.45, 7) is 9.59. The van der Waals surface area contributed by atoms with Gasteiger partial charge < -0.3 is 15.4 Å². The Labute approximate surface area is 158 Å². The van der Waals surface area contributed by atoms with Crippen LogP contribution in [0.25, 0.3) is 0 Å². The molecule has 2 N–H and O–H groups in total. The molecule has 1 rings (SSSR count). The number of sulfone groups is 1. The fourth-order valence-electron chi connectivity index (χ4n) is 2.28. The molecule has 0 radical (unpaired) electrons. The Balaban J connectivity index is 2.34. The predicted octanol–water partition coefficient (Wildman–Crippen LogP) is 2.35. The molecular weight excluding hydrogens is 350 g/mol. The number of rotatable bonds is 8. The Morgan fingerprint density at radius 3 is 2.35 bits per heavy atom. The van der Waals surface area contributed by atoms with E-state index in [0.717, 1.165) is 5.75 Å². The second-order valence-corrected chi connectivity index (χ2v) is 9.85. The standard InChI is InChI=1S/C19H33N3O3S/c1-15(11-14-26(6,23)24)22-18(20-5)21-12-13-25-17-9-7-16(8-10-17)19(2,3)4/h7-10,15H,11-14H2,1-6H3,(H2,20,21,22). The average molecular weight is 384 g/mol. The molecule has 148 valence electrons. The van der Waals surface area contributed by atoms with Gasteiger partial charge in [-0.2, -0.15) is 0 Å². The predicted molar refractivity (Wildman–Crippen MR) is 109 cm³/mol. The molecule has 7 heteroatoms. The van der Waals surface area contributed by atoms with Crippen molar-refractivity contribution >= 4 is 15.8 Å². The summed E-state index contributed by atoms with van der Waals surface area (Å²) >= 11 is 0. The summed E-state index contributed by atoms with van der Waals surface area (Å²) in [6, 6.07) is 8.17. The van der Waals surface area contributed by atoms with Crippen LogP contribution >= 0.6 is 0 Å². The van der Waals surface area contributed by atoms with Crippen molar-refractivity contribution in [3.63, 3.8) is 0 Å². The van der Waals surface area contributed by atoms with E-state index in [1.165, 1.54) is 11.8 Å². The van der Waals surface area contributed by atoms with Crippen molar-refractivity contribution in [2.75, 3.05) is 32.2 Å². The van der Waals surface area contributed by atoms with Crippen LogP contribution in [0, 0.1) is 0 Å². The molecule has 1 atom stereocenters. The van der Waals surface area contributed by atoms with Gasteiger partial charge in [-0.25, -0.2) is 8.42 Å². The van der Waals surface area contributed by atoms with E-state index in [4.69, 9.17) is 4.74 Å². The normalized spacial score (nSPS) is 14.0. The van der Waals surface area contributed by atoms with E-state index in [-0.39, 0.29) is 17.2 Å². The van der Waals surface area contributed by atoms with E-state index in [1.54, 1.807) is 7.05 Å². The topological polar surface area (TPSA) is 79.8 Å².